The van der Waals surface area contributed by atoms with Gasteiger partial charge in [-0.05, 0) is 37.8 Å². The fraction of sp³-hybridized carbons (Fsp3) is 0.524. The smallest absolute Gasteiger partial charge is 0.299 e. The number of aryl methyl sites for hydroxylation is 2. The highest BCUT2D eigenvalue weighted by molar-refractivity contribution is 5.79. The molecule has 1 aliphatic carbocycles. The van der Waals surface area contributed by atoms with Crippen molar-refractivity contribution in [2.24, 2.45) is 5.92 Å². The highest BCUT2D eigenvalue weighted by Crippen LogP contribution is 2.27. The molecule has 1 aliphatic rings. The van der Waals surface area contributed by atoms with E-state index in [1.165, 1.54) is 30.3 Å². The van der Waals surface area contributed by atoms with Gasteiger partial charge in [0.1, 0.15) is 0 Å². The third kappa shape index (κ3) is 4.75. The van der Waals surface area contributed by atoms with Crippen molar-refractivity contribution in [1.82, 2.24) is 19.9 Å². The molecule has 2 heterocycles. The molecule has 0 unspecified atom stereocenters. The lowest BCUT2D eigenvalue weighted by molar-refractivity contribution is -0.119. The Morgan fingerprint density at radius 2 is 2.03 bits per heavy atom. The third-order valence-corrected chi connectivity index (χ3v) is 5.63. The number of carbonyl (C=O) groups is 1. The summed E-state index contributed by atoms with van der Waals surface area (Å²) in [4.78, 5) is 33.6. The first-order valence-corrected chi connectivity index (χ1v) is 10.2. The number of anilines is 2. The Hall–Kier alpha value is -2.90. The molecule has 0 radical (unpaired) electrons. The second kappa shape index (κ2) is 9.07. The number of carbonyl (C=O) groups excluding carboxylic acids is 1. The molecule has 29 heavy (non-hydrogen) atoms. The second-order valence-corrected chi connectivity index (χ2v) is 7.75. The lowest BCUT2D eigenvalue weighted by atomic mass is 10.0. The summed E-state index contributed by atoms with van der Waals surface area (Å²) in [5.41, 5.74) is 8.34. The fourth-order valence-corrected chi connectivity index (χ4v) is 3.89. The van der Waals surface area contributed by atoms with Crippen molar-refractivity contribution in [3.63, 3.8) is 0 Å². The van der Waals surface area contributed by atoms with Gasteiger partial charge in [0.25, 0.3) is 5.56 Å². The fourth-order valence-electron chi connectivity index (χ4n) is 3.89. The number of nitrogens with one attached hydrogen (secondary N) is 2. The molecule has 0 saturated heterocycles. The van der Waals surface area contributed by atoms with Gasteiger partial charge in [-0.25, -0.2) is 9.97 Å². The summed E-state index contributed by atoms with van der Waals surface area (Å²) in [6.07, 6.45) is 8.04. The lowest BCUT2D eigenvalue weighted by Crippen LogP contribution is -2.28. The number of likely N-dealkylation sites (N-methyl/N-ethyl adjacent to an activating group) is 1. The number of hydrogen-bond donors (Lipinski definition) is 3. The Morgan fingerprint density at radius 3 is 2.72 bits per heavy atom. The standard InChI is InChI=1S/C21H30N6O2/c1-13-12-25-19(24-9-8-15-6-4-5-7-15)21(29)27(13)20-17(22)10-16(14(2)26-20)11-18(28)23-3/h10,12,15H,4-9,11,22H2,1-3H3,(H,23,28)(H,24,25). The van der Waals surface area contributed by atoms with E-state index in [0.29, 0.717) is 28.7 Å². The van der Waals surface area contributed by atoms with Gasteiger partial charge in [-0.15, -0.1) is 0 Å². The van der Waals surface area contributed by atoms with Crippen molar-refractivity contribution in [1.29, 1.82) is 0 Å². The van der Waals surface area contributed by atoms with E-state index in [-0.39, 0.29) is 17.9 Å². The molecule has 8 nitrogen and oxygen atoms in total. The number of pyridine rings is 1. The minimum absolute atomic E-state index is 0.118. The van der Waals surface area contributed by atoms with Crippen LogP contribution in [0.25, 0.3) is 5.82 Å². The minimum atomic E-state index is -0.269. The normalized spacial score (nSPS) is 14.2. The van der Waals surface area contributed by atoms with Gasteiger partial charge in [0.15, 0.2) is 11.6 Å². The van der Waals surface area contributed by atoms with Crippen LogP contribution in [0.4, 0.5) is 11.5 Å². The largest absolute Gasteiger partial charge is 0.396 e. The zero-order valence-corrected chi connectivity index (χ0v) is 17.4. The molecule has 0 aromatic carbocycles. The Labute approximate surface area is 170 Å². The highest BCUT2D eigenvalue weighted by atomic mass is 16.1. The Kier molecular flexibility index (Phi) is 6.51. The van der Waals surface area contributed by atoms with Crippen molar-refractivity contribution >= 4 is 17.4 Å². The van der Waals surface area contributed by atoms with Gasteiger partial charge < -0.3 is 16.4 Å². The summed E-state index contributed by atoms with van der Waals surface area (Å²) in [5.74, 6) is 1.30. The molecule has 4 N–H and O–H groups in total. The summed E-state index contributed by atoms with van der Waals surface area (Å²) in [7, 11) is 1.59. The Balaban J connectivity index is 1.86. The van der Waals surface area contributed by atoms with E-state index in [0.717, 1.165) is 24.4 Å². The maximum absolute atomic E-state index is 13.1. The van der Waals surface area contributed by atoms with Crippen LogP contribution in [0.1, 0.15) is 49.1 Å². The zero-order chi connectivity index (χ0) is 21.0. The molecule has 2 aromatic heterocycles. The van der Waals surface area contributed by atoms with E-state index in [9.17, 15) is 9.59 Å². The molecule has 0 aliphatic heterocycles. The van der Waals surface area contributed by atoms with Crippen LogP contribution in [0, 0.1) is 19.8 Å². The number of amides is 1. The third-order valence-electron chi connectivity index (χ3n) is 5.63. The van der Waals surface area contributed by atoms with Crippen molar-refractivity contribution < 1.29 is 4.79 Å². The zero-order valence-electron chi connectivity index (χ0n) is 17.4. The number of nitrogens with zero attached hydrogens (tertiary/aromatic N) is 3. The second-order valence-electron chi connectivity index (χ2n) is 7.75. The first-order valence-electron chi connectivity index (χ1n) is 10.2. The highest BCUT2D eigenvalue weighted by Gasteiger charge is 2.18. The van der Waals surface area contributed by atoms with E-state index in [2.05, 4.69) is 20.6 Å². The number of nitrogen functional groups attached to an aromatic ring is 1. The molecule has 1 fully saturated rings. The van der Waals surface area contributed by atoms with Crippen LogP contribution in [0.3, 0.4) is 0 Å². The van der Waals surface area contributed by atoms with Crippen LogP contribution < -0.4 is 21.9 Å². The van der Waals surface area contributed by atoms with Crippen molar-refractivity contribution in [3.05, 3.63) is 39.6 Å². The monoisotopic (exact) mass is 398 g/mol. The first kappa shape index (κ1) is 20.8. The van der Waals surface area contributed by atoms with E-state index >= 15 is 0 Å². The average molecular weight is 399 g/mol. The van der Waals surface area contributed by atoms with Crippen molar-refractivity contribution in [2.75, 3.05) is 24.6 Å². The maximum atomic E-state index is 13.1. The van der Waals surface area contributed by atoms with E-state index in [1.54, 1.807) is 26.2 Å². The summed E-state index contributed by atoms with van der Waals surface area (Å²) in [6, 6.07) is 1.71. The molecule has 0 spiro atoms. The maximum Gasteiger partial charge on any atom is 0.299 e. The summed E-state index contributed by atoms with van der Waals surface area (Å²) < 4.78 is 1.48. The van der Waals surface area contributed by atoms with E-state index < -0.39 is 0 Å². The number of rotatable bonds is 7. The minimum Gasteiger partial charge on any atom is -0.396 e. The van der Waals surface area contributed by atoms with Crippen LogP contribution in [-0.2, 0) is 11.2 Å². The molecule has 8 heteroatoms. The summed E-state index contributed by atoms with van der Waals surface area (Å²) in [6.45, 7) is 4.33. The average Bonchev–Trinajstić information content (AvgIpc) is 3.20. The SMILES string of the molecule is CNC(=O)Cc1cc(N)c(-n2c(C)cnc(NCCC3CCCC3)c2=O)nc1C. The Bertz CT molecular complexity index is 947. The molecular formula is C21H30N6O2. The summed E-state index contributed by atoms with van der Waals surface area (Å²) >= 11 is 0. The number of hydrogen-bond acceptors (Lipinski definition) is 6. The molecule has 1 amide bonds. The van der Waals surface area contributed by atoms with Crippen molar-refractivity contribution in [2.45, 2.75) is 52.4 Å². The van der Waals surface area contributed by atoms with E-state index in [1.807, 2.05) is 6.92 Å². The van der Waals surface area contributed by atoms with Crippen LogP contribution in [0.15, 0.2) is 17.1 Å². The van der Waals surface area contributed by atoms with Gasteiger partial charge in [0.05, 0.1) is 12.1 Å². The topological polar surface area (TPSA) is 115 Å². The predicted molar refractivity (Wildman–Crippen MR) is 114 cm³/mol. The molecular weight excluding hydrogens is 368 g/mol. The Morgan fingerprint density at radius 1 is 1.31 bits per heavy atom. The molecule has 156 valence electrons. The molecule has 3 rings (SSSR count). The van der Waals surface area contributed by atoms with Gasteiger partial charge in [0, 0.05) is 31.2 Å². The molecule has 0 atom stereocenters. The number of nitrogens with two attached hydrogens (primary N) is 1. The van der Waals surface area contributed by atoms with Crippen LogP contribution >= 0.6 is 0 Å². The molecule has 0 bridgehead atoms. The van der Waals surface area contributed by atoms with Crippen LogP contribution in [0.2, 0.25) is 0 Å². The first-order chi connectivity index (χ1) is 13.9. The van der Waals surface area contributed by atoms with E-state index in [4.69, 9.17) is 5.73 Å². The van der Waals surface area contributed by atoms with Crippen LogP contribution in [0.5, 0.6) is 0 Å². The van der Waals surface area contributed by atoms with Gasteiger partial charge in [0.2, 0.25) is 5.91 Å². The van der Waals surface area contributed by atoms with Crippen molar-refractivity contribution in [3.8, 4) is 5.82 Å². The summed E-state index contributed by atoms with van der Waals surface area (Å²) in [5, 5.41) is 5.78. The quantitative estimate of drug-likeness (QED) is 0.658. The number of aromatic nitrogens is 3. The van der Waals surface area contributed by atoms with Gasteiger partial charge in [-0.1, -0.05) is 25.7 Å². The van der Waals surface area contributed by atoms with Crippen LogP contribution in [-0.4, -0.2) is 34.0 Å². The lowest BCUT2D eigenvalue weighted by Gasteiger charge is -2.16. The van der Waals surface area contributed by atoms with Gasteiger partial charge >= 0.3 is 0 Å². The molecule has 2 aromatic rings. The molecule has 1 saturated carbocycles. The van der Waals surface area contributed by atoms with Gasteiger partial charge in [-0.2, -0.15) is 0 Å². The van der Waals surface area contributed by atoms with Gasteiger partial charge in [-0.3, -0.25) is 14.2 Å². The predicted octanol–water partition coefficient (Wildman–Crippen LogP) is 2.11.